The van der Waals surface area contributed by atoms with Gasteiger partial charge in [0.2, 0.25) is 0 Å². The van der Waals surface area contributed by atoms with Gasteiger partial charge < -0.3 is 10.4 Å². The molecule has 3 heteroatoms. The lowest BCUT2D eigenvalue weighted by atomic mass is 10.1. The lowest BCUT2D eigenvalue weighted by Gasteiger charge is -2.30. The van der Waals surface area contributed by atoms with Gasteiger partial charge in [-0.15, -0.1) is 0 Å². The topological polar surface area (TPSA) is 35.5 Å². The maximum absolute atomic E-state index is 10.0. The predicted molar refractivity (Wildman–Crippen MR) is 81.2 cm³/mol. The molecule has 0 bridgehead atoms. The predicted octanol–water partition coefficient (Wildman–Crippen LogP) is 2.43. The van der Waals surface area contributed by atoms with E-state index in [1.54, 1.807) is 0 Å². The molecule has 0 radical (unpaired) electrons. The highest BCUT2D eigenvalue weighted by molar-refractivity contribution is 5.17. The van der Waals surface area contributed by atoms with Crippen LogP contribution in [0.2, 0.25) is 0 Å². The highest BCUT2D eigenvalue weighted by Crippen LogP contribution is 2.10. The van der Waals surface area contributed by atoms with Crippen molar-refractivity contribution in [2.45, 2.75) is 45.9 Å². The van der Waals surface area contributed by atoms with Crippen molar-refractivity contribution in [3.05, 3.63) is 35.9 Å². The van der Waals surface area contributed by atoms with Gasteiger partial charge >= 0.3 is 0 Å². The van der Waals surface area contributed by atoms with Crippen molar-refractivity contribution in [1.29, 1.82) is 0 Å². The van der Waals surface area contributed by atoms with Crippen LogP contribution in [0, 0.1) is 0 Å². The third kappa shape index (κ3) is 5.72. The van der Waals surface area contributed by atoms with Gasteiger partial charge in [-0.2, -0.15) is 0 Å². The van der Waals surface area contributed by atoms with Gasteiger partial charge in [0.05, 0.1) is 6.10 Å². The average molecular weight is 264 g/mol. The maximum atomic E-state index is 10.0. The lowest BCUT2D eigenvalue weighted by molar-refractivity contribution is 0.157. The summed E-state index contributed by atoms with van der Waals surface area (Å²) in [6.07, 6.45) is -0.423. The molecule has 0 fully saturated rings. The Bertz CT molecular complexity index is 330. The molecule has 2 N–H and O–H groups in total. The highest BCUT2D eigenvalue weighted by atomic mass is 16.3. The van der Waals surface area contributed by atoms with Crippen molar-refractivity contribution in [2.24, 2.45) is 0 Å². The molecule has 0 spiro atoms. The van der Waals surface area contributed by atoms with Gasteiger partial charge in [-0.05, 0) is 33.3 Å². The van der Waals surface area contributed by atoms with Gasteiger partial charge in [0, 0.05) is 31.7 Å². The second-order valence-corrected chi connectivity index (χ2v) is 5.56. The zero-order valence-corrected chi connectivity index (χ0v) is 12.6. The SMILES string of the molecule is CC(C)N(CCNC[C@@H](O)c1ccccc1)C(C)C. The molecule has 3 nitrogen and oxygen atoms in total. The number of aliphatic hydroxyl groups excluding tert-OH is 1. The molecular formula is C16H28N2O. The molecule has 0 aliphatic heterocycles. The summed E-state index contributed by atoms with van der Waals surface area (Å²) in [5.74, 6) is 0. The Morgan fingerprint density at radius 1 is 1.05 bits per heavy atom. The molecule has 0 saturated carbocycles. The Morgan fingerprint density at radius 2 is 1.63 bits per heavy atom. The summed E-state index contributed by atoms with van der Waals surface area (Å²) < 4.78 is 0. The summed E-state index contributed by atoms with van der Waals surface area (Å²) in [6, 6.07) is 10.9. The fraction of sp³-hybridized carbons (Fsp3) is 0.625. The number of nitrogens with one attached hydrogen (secondary N) is 1. The van der Waals surface area contributed by atoms with Crippen molar-refractivity contribution >= 4 is 0 Å². The van der Waals surface area contributed by atoms with Gasteiger partial charge in [-0.25, -0.2) is 0 Å². The normalized spacial score (nSPS) is 13.5. The van der Waals surface area contributed by atoms with Gasteiger partial charge in [-0.3, -0.25) is 4.90 Å². The summed E-state index contributed by atoms with van der Waals surface area (Å²) >= 11 is 0. The van der Waals surface area contributed by atoms with E-state index in [9.17, 15) is 5.11 Å². The van der Waals surface area contributed by atoms with Gasteiger partial charge in [0.1, 0.15) is 0 Å². The van der Waals surface area contributed by atoms with E-state index < -0.39 is 6.10 Å². The fourth-order valence-corrected chi connectivity index (χ4v) is 2.35. The van der Waals surface area contributed by atoms with Crippen molar-refractivity contribution in [2.75, 3.05) is 19.6 Å². The zero-order valence-electron chi connectivity index (χ0n) is 12.6. The van der Waals surface area contributed by atoms with E-state index >= 15 is 0 Å². The number of hydrogen-bond acceptors (Lipinski definition) is 3. The molecule has 0 aromatic heterocycles. The molecule has 1 atom stereocenters. The third-order valence-electron chi connectivity index (χ3n) is 3.40. The molecule has 0 saturated heterocycles. The van der Waals surface area contributed by atoms with Gasteiger partial charge in [0.15, 0.2) is 0 Å². The number of aliphatic hydroxyl groups is 1. The van der Waals surface area contributed by atoms with E-state index in [1.807, 2.05) is 30.3 Å². The molecule has 0 amide bonds. The number of rotatable bonds is 8. The lowest BCUT2D eigenvalue weighted by Crippen LogP contribution is -2.42. The molecule has 0 unspecified atom stereocenters. The first kappa shape index (κ1) is 16.2. The van der Waals surface area contributed by atoms with Crippen LogP contribution in [0.1, 0.15) is 39.4 Å². The summed E-state index contributed by atoms with van der Waals surface area (Å²) in [6.45, 7) is 11.4. The highest BCUT2D eigenvalue weighted by Gasteiger charge is 2.12. The molecular weight excluding hydrogens is 236 g/mol. The first-order chi connectivity index (χ1) is 9.02. The van der Waals surface area contributed by atoms with E-state index in [4.69, 9.17) is 0 Å². The second kappa shape index (κ2) is 8.31. The van der Waals surface area contributed by atoms with Crippen LogP contribution in [0.15, 0.2) is 30.3 Å². The standard InChI is InChI=1S/C16H28N2O/c1-13(2)18(14(3)4)11-10-17-12-16(19)15-8-6-5-7-9-15/h5-9,13-14,16-17,19H,10-12H2,1-4H3/t16-/m1/s1. The van der Waals surface area contributed by atoms with Gasteiger partial charge in [0.25, 0.3) is 0 Å². The van der Waals surface area contributed by atoms with Crippen LogP contribution < -0.4 is 5.32 Å². The fourth-order valence-electron chi connectivity index (χ4n) is 2.35. The summed E-state index contributed by atoms with van der Waals surface area (Å²) in [4.78, 5) is 2.45. The first-order valence-corrected chi connectivity index (χ1v) is 7.21. The molecule has 1 aromatic carbocycles. The van der Waals surface area contributed by atoms with E-state index in [-0.39, 0.29) is 0 Å². The average Bonchev–Trinajstić information content (AvgIpc) is 2.38. The summed E-state index contributed by atoms with van der Waals surface area (Å²) in [5, 5.41) is 13.4. The van der Waals surface area contributed by atoms with Crippen molar-refractivity contribution in [3.8, 4) is 0 Å². The molecule has 0 aliphatic rings. The van der Waals surface area contributed by atoms with Crippen LogP contribution in [-0.2, 0) is 0 Å². The third-order valence-corrected chi connectivity index (χ3v) is 3.40. The molecule has 1 rings (SSSR count). The Labute approximate surface area is 117 Å². The Balaban J connectivity index is 2.27. The molecule has 1 aromatic rings. The van der Waals surface area contributed by atoms with Crippen LogP contribution in [0.25, 0.3) is 0 Å². The molecule has 0 aliphatic carbocycles. The maximum Gasteiger partial charge on any atom is 0.0914 e. The van der Waals surface area contributed by atoms with Crippen LogP contribution >= 0.6 is 0 Å². The minimum Gasteiger partial charge on any atom is -0.387 e. The molecule has 0 heterocycles. The largest absolute Gasteiger partial charge is 0.387 e. The second-order valence-electron chi connectivity index (χ2n) is 5.56. The number of hydrogen-bond donors (Lipinski definition) is 2. The van der Waals surface area contributed by atoms with Crippen molar-refractivity contribution < 1.29 is 5.11 Å². The number of nitrogens with zero attached hydrogens (tertiary/aromatic N) is 1. The van der Waals surface area contributed by atoms with E-state index in [1.165, 1.54) is 0 Å². The van der Waals surface area contributed by atoms with Crippen molar-refractivity contribution in [3.63, 3.8) is 0 Å². The Kier molecular flexibility index (Phi) is 7.06. The van der Waals surface area contributed by atoms with E-state index in [2.05, 4.69) is 37.9 Å². The first-order valence-electron chi connectivity index (χ1n) is 7.21. The van der Waals surface area contributed by atoms with E-state index in [0.29, 0.717) is 18.6 Å². The quantitative estimate of drug-likeness (QED) is 0.708. The minimum atomic E-state index is -0.423. The summed E-state index contributed by atoms with van der Waals surface area (Å²) in [5.41, 5.74) is 0.972. The zero-order chi connectivity index (χ0) is 14.3. The monoisotopic (exact) mass is 264 g/mol. The van der Waals surface area contributed by atoms with Crippen LogP contribution in [0.3, 0.4) is 0 Å². The van der Waals surface area contributed by atoms with Crippen LogP contribution in [0.4, 0.5) is 0 Å². The van der Waals surface area contributed by atoms with E-state index in [0.717, 1.165) is 18.7 Å². The Hall–Kier alpha value is -0.900. The number of benzene rings is 1. The van der Waals surface area contributed by atoms with Gasteiger partial charge in [-0.1, -0.05) is 30.3 Å². The smallest absolute Gasteiger partial charge is 0.0914 e. The van der Waals surface area contributed by atoms with Crippen molar-refractivity contribution in [1.82, 2.24) is 10.2 Å². The molecule has 19 heavy (non-hydrogen) atoms. The minimum absolute atomic E-state index is 0.423. The van der Waals surface area contributed by atoms with Crippen LogP contribution in [0.5, 0.6) is 0 Å². The summed E-state index contributed by atoms with van der Waals surface area (Å²) in [7, 11) is 0. The Morgan fingerprint density at radius 3 is 2.16 bits per heavy atom. The van der Waals surface area contributed by atoms with Crippen LogP contribution in [-0.4, -0.2) is 41.7 Å². The molecule has 108 valence electrons.